The summed E-state index contributed by atoms with van der Waals surface area (Å²) in [6.45, 7) is 3.55. The average molecular weight is 288 g/mol. The molecule has 0 aliphatic carbocycles. The molecule has 0 unspecified atom stereocenters. The zero-order valence-electron chi connectivity index (χ0n) is 11.6. The fourth-order valence-electron chi connectivity index (χ4n) is 2.13. The molecule has 2 rings (SSSR count). The molecule has 0 saturated heterocycles. The molecule has 108 valence electrons. The van der Waals surface area contributed by atoms with E-state index in [1.807, 2.05) is 0 Å². The first-order chi connectivity index (χ1) is 10.0. The highest BCUT2D eigenvalue weighted by atomic mass is 19.1. The van der Waals surface area contributed by atoms with Crippen LogP contribution in [0.15, 0.2) is 16.9 Å². The number of pyridine rings is 1. The van der Waals surface area contributed by atoms with E-state index >= 15 is 0 Å². The van der Waals surface area contributed by atoms with Gasteiger partial charge in [-0.3, -0.25) is 4.79 Å². The lowest BCUT2D eigenvalue weighted by Crippen LogP contribution is -2.22. The van der Waals surface area contributed by atoms with Crippen molar-refractivity contribution in [2.75, 3.05) is 6.61 Å². The molecule has 0 amide bonds. The number of carbonyl (C=O) groups excluding carboxylic acids is 1. The number of benzene rings is 1. The van der Waals surface area contributed by atoms with Gasteiger partial charge in [-0.2, -0.15) is 5.26 Å². The molecule has 0 radical (unpaired) electrons. The Morgan fingerprint density at radius 2 is 2.14 bits per heavy atom. The van der Waals surface area contributed by atoms with Gasteiger partial charge in [0.15, 0.2) is 0 Å². The topological polar surface area (TPSA) is 82.9 Å². The number of aromatic amines is 1. The quantitative estimate of drug-likeness (QED) is 0.878. The lowest BCUT2D eigenvalue weighted by molar-refractivity contribution is 0.0523. The Morgan fingerprint density at radius 3 is 2.71 bits per heavy atom. The molecule has 0 atom stereocenters. The van der Waals surface area contributed by atoms with Crippen LogP contribution in [-0.4, -0.2) is 17.6 Å². The summed E-state index contributed by atoms with van der Waals surface area (Å²) in [5.41, 5.74) is -0.146. The lowest BCUT2D eigenvalue weighted by atomic mass is 10.0. The van der Waals surface area contributed by atoms with Crippen molar-refractivity contribution in [2.24, 2.45) is 0 Å². The van der Waals surface area contributed by atoms with Gasteiger partial charge >= 0.3 is 5.97 Å². The number of hydrogen-bond donors (Lipinski definition) is 1. The number of hydrogen-bond acceptors (Lipinski definition) is 4. The molecule has 0 bridgehead atoms. The predicted molar refractivity (Wildman–Crippen MR) is 74.6 cm³/mol. The zero-order chi connectivity index (χ0) is 15.6. The predicted octanol–water partition coefficient (Wildman–Crippen LogP) is 2.28. The Labute approximate surface area is 120 Å². The van der Waals surface area contributed by atoms with Crippen molar-refractivity contribution < 1.29 is 13.9 Å². The number of esters is 1. The standard InChI is InChI=1S/C15H13FN2O3/c1-3-11-13(15(20)21-4-2)14(19)9-6-10(16)8(7-17)5-12(9)18-11/h5-6H,3-4H2,1-2H3,(H,18,19). The van der Waals surface area contributed by atoms with E-state index in [0.717, 1.165) is 6.07 Å². The van der Waals surface area contributed by atoms with Crippen LogP contribution in [0.25, 0.3) is 10.9 Å². The van der Waals surface area contributed by atoms with Gasteiger partial charge in [-0.1, -0.05) is 6.92 Å². The van der Waals surface area contributed by atoms with Crippen LogP contribution >= 0.6 is 0 Å². The van der Waals surface area contributed by atoms with Crippen molar-refractivity contribution >= 4 is 16.9 Å². The van der Waals surface area contributed by atoms with Gasteiger partial charge in [0.2, 0.25) is 5.43 Å². The van der Waals surface area contributed by atoms with E-state index in [1.165, 1.54) is 6.07 Å². The lowest BCUT2D eigenvalue weighted by Gasteiger charge is -2.09. The number of aryl methyl sites for hydroxylation is 1. The van der Waals surface area contributed by atoms with Gasteiger partial charge < -0.3 is 9.72 Å². The Morgan fingerprint density at radius 1 is 1.43 bits per heavy atom. The van der Waals surface area contributed by atoms with Crippen LogP contribution in [0.3, 0.4) is 0 Å². The largest absolute Gasteiger partial charge is 0.462 e. The number of aromatic nitrogens is 1. The molecule has 1 aromatic carbocycles. The molecular formula is C15H13FN2O3. The number of ether oxygens (including phenoxy) is 1. The molecule has 1 aromatic heterocycles. The number of H-pyrrole nitrogens is 1. The van der Waals surface area contributed by atoms with E-state index in [9.17, 15) is 14.0 Å². The van der Waals surface area contributed by atoms with Gasteiger partial charge in [0.05, 0.1) is 17.7 Å². The molecule has 0 spiro atoms. The number of nitrogens with zero attached hydrogens (tertiary/aromatic N) is 1. The molecular weight excluding hydrogens is 275 g/mol. The summed E-state index contributed by atoms with van der Waals surface area (Å²) in [7, 11) is 0. The molecule has 21 heavy (non-hydrogen) atoms. The van der Waals surface area contributed by atoms with Gasteiger partial charge in [-0.05, 0) is 25.5 Å². The number of halogens is 1. The average Bonchev–Trinajstić information content (AvgIpc) is 2.47. The third-order valence-corrected chi connectivity index (χ3v) is 3.12. The summed E-state index contributed by atoms with van der Waals surface area (Å²) in [5.74, 6) is -1.53. The van der Waals surface area contributed by atoms with Crippen LogP contribution in [0.4, 0.5) is 4.39 Å². The minimum absolute atomic E-state index is 0.0201. The molecule has 0 aliphatic rings. The third-order valence-electron chi connectivity index (χ3n) is 3.12. The minimum atomic E-state index is -0.797. The van der Waals surface area contributed by atoms with Crippen molar-refractivity contribution in [2.45, 2.75) is 20.3 Å². The number of carbonyl (C=O) groups is 1. The minimum Gasteiger partial charge on any atom is -0.462 e. The number of fused-ring (bicyclic) bond motifs is 1. The Kier molecular flexibility index (Phi) is 4.03. The van der Waals surface area contributed by atoms with E-state index in [1.54, 1.807) is 19.9 Å². The molecule has 1 heterocycles. The summed E-state index contributed by atoms with van der Waals surface area (Å²) in [6, 6.07) is 3.94. The van der Waals surface area contributed by atoms with Crippen molar-refractivity contribution in [3.63, 3.8) is 0 Å². The molecule has 0 aliphatic heterocycles. The SMILES string of the molecule is CCOC(=O)c1c(CC)[nH]c2cc(C#N)c(F)cc2c1=O. The summed E-state index contributed by atoms with van der Waals surface area (Å²) in [5, 5.41) is 8.85. The van der Waals surface area contributed by atoms with E-state index in [0.29, 0.717) is 17.6 Å². The number of nitrogens with one attached hydrogen (secondary N) is 1. The fourth-order valence-corrected chi connectivity index (χ4v) is 2.13. The monoisotopic (exact) mass is 288 g/mol. The number of nitriles is 1. The Hall–Kier alpha value is -2.68. The van der Waals surface area contributed by atoms with Gasteiger partial charge in [0.25, 0.3) is 0 Å². The second-order valence-corrected chi connectivity index (χ2v) is 4.37. The summed E-state index contributed by atoms with van der Waals surface area (Å²) >= 11 is 0. The smallest absolute Gasteiger partial charge is 0.343 e. The second-order valence-electron chi connectivity index (χ2n) is 4.37. The summed E-state index contributed by atoms with van der Waals surface area (Å²) in [6.07, 6.45) is 0.401. The first-order valence-electron chi connectivity index (χ1n) is 6.49. The van der Waals surface area contributed by atoms with E-state index < -0.39 is 17.2 Å². The molecule has 0 saturated carbocycles. The van der Waals surface area contributed by atoms with Crippen LogP contribution in [0.2, 0.25) is 0 Å². The van der Waals surface area contributed by atoms with E-state index in [2.05, 4.69) is 4.98 Å². The Balaban J connectivity index is 2.83. The number of rotatable bonds is 3. The van der Waals surface area contributed by atoms with Crippen molar-refractivity contribution in [1.82, 2.24) is 4.98 Å². The Bertz CT molecular complexity index is 818. The van der Waals surface area contributed by atoms with Crippen LogP contribution < -0.4 is 5.43 Å². The van der Waals surface area contributed by atoms with Crippen molar-refractivity contribution in [1.29, 1.82) is 5.26 Å². The van der Waals surface area contributed by atoms with Crippen LogP contribution in [-0.2, 0) is 11.2 Å². The van der Waals surface area contributed by atoms with E-state index in [-0.39, 0.29) is 23.1 Å². The van der Waals surface area contributed by atoms with Gasteiger partial charge in [0, 0.05) is 11.1 Å². The van der Waals surface area contributed by atoms with Crippen molar-refractivity contribution in [3.05, 3.63) is 45.0 Å². The zero-order valence-corrected chi connectivity index (χ0v) is 11.6. The summed E-state index contributed by atoms with van der Waals surface area (Å²) in [4.78, 5) is 27.2. The summed E-state index contributed by atoms with van der Waals surface area (Å²) < 4.78 is 18.5. The molecule has 6 heteroatoms. The van der Waals surface area contributed by atoms with Gasteiger partial charge in [0.1, 0.15) is 17.4 Å². The van der Waals surface area contributed by atoms with Gasteiger partial charge in [-0.25, -0.2) is 9.18 Å². The first-order valence-corrected chi connectivity index (χ1v) is 6.49. The molecule has 5 nitrogen and oxygen atoms in total. The maximum atomic E-state index is 13.7. The third kappa shape index (κ3) is 2.50. The normalized spacial score (nSPS) is 10.4. The maximum absolute atomic E-state index is 13.7. The highest BCUT2D eigenvalue weighted by Crippen LogP contribution is 2.17. The molecule has 0 fully saturated rings. The van der Waals surface area contributed by atoms with Crippen molar-refractivity contribution in [3.8, 4) is 6.07 Å². The first kappa shape index (κ1) is 14.7. The molecule has 1 N–H and O–H groups in total. The highest BCUT2D eigenvalue weighted by Gasteiger charge is 2.20. The van der Waals surface area contributed by atoms with Gasteiger partial charge in [-0.15, -0.1) is 0 Å². The van der Waals surface area contributed by atoms with Crippen LogP contribution in [0.1, 0.15) is 35.5 Å². The molecule has 2 aromatic rings. The highest BCUT2D eigenvalue weighted by molar-refractivity contribution is 5.95. The van der Waals surface area contributed by atoms with Crippen LogP contribution in [0.5, 0.6) is 0 Å². The second kappa shape index (κ2) is 5.75. The maximum Gasteiger partial charge on any atom is 0.343 e. The van der Waals surface area contributed by atoms with Crippen LogP contribution in [0, 0.1) is 17.1 Å². The fraction of sp³-hybridized carbons (Fsp3) is 0.267. The van der Waals surface area contributed by atoms with E-state index in [4.69, 9.17) is 10.00 Å².